The maximum absolute atomic E-state index is 13.6. The second kappa shape index (κ2) is 10.7. The van der Waals surface area contributed by atoms with Crippen LogP contribution in [-0.2, 0) is 9.53 Å². The Bertz CT molecular complexity index is 1210. The van der Waals surface area contributed by atoms with Crippen LogP contribution in [0.2, 0.25) is 5.02 Å². The van der Waals surface area contributed by atoms with Crippen LogP contribution in [0.15, 0.2) is 48.8 Å². The van der Waals surface area contributed by atoms with E-state index in [2.05, 4.69) is 20.6 Å². The molecule has 1 atom stereocenters. The van der Waals surface area contributed by atoms with Crippen LogP contribution in [-0.4, -0.2) is 60.7 Å². The van der Waals surface area contributed by atoms with Crippen LogP contribution >= 0.6 is 11.6 Å². The highest BCUT2D eigenvalue weighted by molar-refractivity contribution is 6.31. The number of carbonyl (C=O) groups excluding carboxylic acids is 1. The van der Waals surface area contributed by atoms with Gasteiger partial charge in [-0.1, -0.05) is 17.7 Å². The van der Waals surface area contributed by atoms with Gasteiger partial charge in [0.2, 0.25) is 5.91 Å². The summed E-state index contributed by atoms with van der Waals surface area (Å²) in [6, 6.07) is 8.09. The fraction of sp³-hybridized carbons (Fsp3) is 0.292. The molecule has 2 N–H and O–H groups in total. The van der Waals surface area contributed by atoms with Crippen molar-refractivity contribution in [1.29, 1.82) is 0 Å². The van der Waals surface area contributed by atoms with Crippen LogP contribution in [0.25, 0.3) is 10.9 Å². The molecule has 2 aromatic carbocycles. The van der Waals surface area contributed by atoms with Crippen molar-refractivity contribution in [2.24, 2.45) is 0 Å². The van der Waals surface area contributed by atoms with E-state index in [1.165, 1.54) is 29.4 Å². The Kier molecular flexibility index (Phi) is 7.44. The molecule has 2 heterocycles. The number of anilines is 3. The molecule has 1 saturated heterocycles. The van der Waals surface area contributed by atoms with Crippen LogP contribution < -0.4 is 15.4 Å². The first kappa shape index (κ1) is 23.7. The van der Waals surface area contributed by atoms with Crippen molar-refractivity contribution in [2.45, 2.75) is 12.5 Å². The number of likely N-dealkylation sites (N-methyl/N-ethyl adjacent to an activating group) is 1. The first-order chi connectivity index (χ1) is 16.4. The van der Waals surface area contributed by atoms with E-state index in [4.69, 9.17) is 21.1 Å². The molecule has 0 aliphatic carbocycles. The van der Waals surface area contributed by atoms with Gasteiger partial charge in [0.05, 0.1) is 29.4 Å². The minimum atomic E-state index is -0.496. The number of fused-ring (bicyclic) bond motifs is 1. The molecule has 34 heavy (non-hydrogen) atoms. The van der Waals surface area contributed by atoms with Gasteiger partial charge in [0, 0.05) is 50.3 Å². The number of carbonyl (C=O) groups is 1. The SMILES string of the molecule is CN(C)C(=O)C=CCNc1cc2c(Nc3ccc(F)c(Cl)c3)ncnc2cc1O[C@H]1CCOC1. The monoisotopic (exact) mass is 485 g/mol. The fourth-order valence-corrected chi connectivity index (χ4v) is 3.57. The highest BCUT2D eigenvalue weighted by Crippen LogP contribution is 2.35. The number of amides is 1. The fourth-order valence-electron chi connectivity index (χ4n) is 3.39. The molecule has 1 amide bonds. The molecule has 0 unspecified atom stereocenters. The summed E-state index contributed by atoms with van der Waals surface area (Å²) in [4.78, 5) is 22.0. The van der Waals surface area contributed by atoms with Crippen molar-refractivity contribution < 1.29 is 18.7 Å². The lowest BCUT2D eigenvalue weighted by Gasteiger charge is -2.18. The van der Waals surface area contributed by atoms with Crippen LogP contribution in [0.1, 0.15) is 6.42 Å². The molecule has 4 rings (SSSR count). The van der Waals surface area contributed by atoms with E-state index in [-0.39, 0.29) is 17.0 Å². The van der Waals surface area contributed by atoms with Crippen LogP contribution in [0.3, 0.4) is 0 Å². The molecule has 0 bridgehead atoms. The number of nitrogens with zero attached hydrogens (tertiary/aromatic N) is 3. The zero-order chi connectivity index (χ0) is 24.1. The summed E-state index contributed by atoms with van der Waals surface area (Å²) in [5, 5.41) is 7.22. The number of hydrogen-bond donors (Lipinski definition) is 2. The predicted molar refractivity (Wildman–Crippen MR) is 130 cm³/mol. The van der Waals surface area contributed by atoms with Gasteiger partial charge in [0.1, 0.15) is 29.8 Å². The van der Waals surface area contributed by atoms with Gasteiger partial charge in [-0.15, -0.1) is 0 Å². The van der Waals surface area contributed by atoms with Gasteiger partial charge in [0.15, 0.2) is 0 Å². The number of aromatic nitrogens is 2. The Balaban J connectivity index is 1.65. The van der Waals surface area contributed by atoms with Crippen molar-refractivity contribution in [2.75, 3.05) is 44.5 Å². The van der Waals surface area contributed by atoms with E-state index >= 15 is 0 Å². The summed E-state index contributed by atoms with van der Waals surface area (Å²) in [5.41, 5.74) is 1.98. The minimum absolute atomic E-state index is 0.0132. The third-order valence-corrected chi connectivity index (χ3v) is 5.50. The largest absolute Gasteiger partial charge is 0.486 e. The minimum Gasteiger partial charge on any atom is -0.486 e. The molecule has 178 valence electrons. The summed E-state index contributed by atoms with van der Waals surface area (Å²) in [5.74, 6) is 0.567. The Hall–Kier alpha value is -3.43. The summed E-state index contributed by atoms with van der Waals surface area (Å²) in [7, 11) is 3.39. The normalized spacial score (nSPS) is 15.6. The van der Waals surface area contributed by atoms with E-state index in [1.54, 1.807) is 26.2 Å². The first-order valence-corrected chi connectivity index (χ1v) is 11.2. The lowest BCUT2D eigenvalue weighted by Crippen LogP contribution is -2.19. The molecule has 1 aromatic heterocycles. The van der Waals surface area contributed by atoms with Gasteiger partial charge < -0.3 is 25.0 Å². The Morgan fingerprint density at radius 2 is 2.18 bits per heavy atom. The maximum Gasteiger partial charge on any atom is 0.245 e. The second-order valence-electron chi connectivity index (χ2n) is 7.96. The first-order valence-electron chi connectivity index (χ1n) is 10.8. The quantitative estimate of drug-likeness (QED) is 0.457. The smallest absolute Gasteiger partial charge is 0.245 e. The topological polar surface area (TPSA) is 88.6 Å². The number of benzene rings is 2. The molecule has 1 aliphatic heterocycles. The van der Waals surface area contributed by atoms with Crippen molar-refractivity contribution >= 4 is 45.6 Å². The molecule has 0 spiro atoms. The number of halogens is 2. The van der Waals surface area contributed by atoms with Crippen LogP contribution in [0.5, 0.6) is 5.75 Å². The third-order valence-electron chi connectivity index (χ3n) is 5.21. The Labute approximate surface area is 201 Å². The summed E-state index contributed by atoms with van der Waals surface area (Å²) < 4.78 is 25.2. The molecule has 8 nitrogen and oxygen atoms in total. The van der Waals surface area contributed by atoms with E-state index in [9.17, 15) is 9.18 Å². The van der Waals surface area contributed by atoms with E-state index < -0.39 is 5.82 Å². The molecule has 0 radical (unpaired) electrons. The van der Waals surface area contributed by atoms with Crippen LogP contribution in [0, 0.1) is 5.82 Å². The van der Waals surface area contributed by atoms with E-state index in [0.29, 0.717) is 42.5 Å². The number of hydrogen-bond acceptors (Lipinski definition) is 7. The number of ether oxygens (including phenoxy) is 2. The lowest BCUT2D eigenvalue weighted by molar-refractivity contribution is -0.123. The van der Waals surface area contributed by atoms with Gasteiger partial charge in [0.25, 0.3) is 0 Å². The van der Waals surface area contributed by atoms with Crippen molar-refractivity contribution in [3.05, 3.63) is 59.7 Å². The Morgan fingerprint density at radius 3 is 2.91 bits per heavy atom. The van der Waals surface area contributed by atoms with E-state index in [0.717, 1.165) is 17.5 Å². The Morgan fingerprint density at radius 1 is 1.32 bits per heavy atom. The van der Waals surface area contributed by atoms with Crippen molar-refractivity contribution in [3.63, 3.8) is 0 Å². The molecule has 1 fully saturated rings. The van der Waals surface area contributed by atoms with Gasteiger partial charge in [-0.25, -0.2) is 14.4 Å². The molecular weight excluding hydrogens is 461 g/mol. The zero-order valence-electron chi connectivity index (χ0n) is 18.8. The highest BCUT2D eigenvalue weighted by atomic mass is 35.5. The summed E-state index contributed by atoms with van der Waals surface area (Å²) >= 11 is 5.92. The molecule has 0 saturated carbocycles. The summed E-state index contributed by atoms with van der Waals surface area (Å²) in [6.07, 6.45) is 5.45. The molecule has 1 aliphatic rings. The average molecular weight is 486 g/mol. The molecule has 3 aromatic rings. The van der Waals surface area contributed by atoms with Gasteiger partial charge in [-0.2, -0.15) is 0 Å². The average Bonchev–Trinajstić information content (AvgIpc) is 3.32. The van der Waals surface area contributed by atoms with Crippen molar-refractivity contribution in [1.82, 2.24) is 14.9 Å². The second-order valence-corrected chi connectivity index (χ2v) is 8.37. The van der Waals surface area contributed by atoms with Gasteiger partial charge >= 0.3 is 0 Å². The van der Waals surface area contributed by atoms with E-state index in [1.807, 2.05) is 12.1 Å². The number of rotatable bonds is 8. The summed E-state index contributed by atoms with van der Waals surface area (Å²) in [6.45, 7) is 1.59. The van der Waals surface area contributed by atoms with Crippen molar-refractivity contribution in [3.8, 4) is 5.75 Å². The standard InChI is InChI=1S/C24H25ClFN5O3/c1-31(2)23(32)4-3-8-27-21-11-17-20(12-22(21)34-16-7-9-33-13-16)28-14-29-24(17)30-15-5-6-19(26)18(25)10-15/h3-6,10-12,14,16,27H,7-9,13H2,1-2H3,(H,28,29,30)/t16-/m0/s1. The van der Waals surface area contributed by atoms with Gasteiger partial charge in [-0.3, -0.25) is 4.79 Å². The number of nitrogens with one attached hydrogen (secondary N) is 2. The maximum atomic E-state index is 13.6. The van der Waals surface area contributed by atoms with Crippen LogP contribution in [0.4, 0.5) is 21.6 Å². The van der Waals surface area contributed by atoms with Gasteiger partial charge in [-0.05, 0) is 24.3 Å². The molecular formula is C24H25ClFN5O3. The predicted octanol–water partition coefficient (Wildman–Crippen LogP) is 4.39. The zero-order valence-corrected chi connectivity index (χ0v) is 19.6. The molecule has 10 heteroatoms. The third kappa shape index (κ3) is 5.73. The highest BCUT2D eigenvalue weighted by Gasteiger charge is 2.20. The lowest BCUT2D eigenvalue weighted by atomic mass is 10.1.